The fraction of sp³-hybridized carbons (Fsp3) is 0.486. The molecule has 4 rings (SSSR count). The average Bonchev–Trinajstić information content (AvgIpc) is 2.92. The number of pyridine rings is 1. The zero-order valence-electron chi connectivity index (χ0n) is 24.9. The van der Waals surface area contributed by atoms with E-state index in [9.17, 15) is 0 Å². The molecule has 2 atom stereocenters. The lowest BCUT2D eigenvalue weighted by atomic mass is 9.84. The Hall–Kier alpha value is -2.67. The molecular formula is C37H49N. The summed E-state index contributed by atoms with van der Waals surface area (Å²) in [6.45, 7) is 13.7. The molecule has 4 aromatic rings. The number of rotatable bonds is 13. The SMILES string of the molecule is CCCCC(CC)Cc1cc(-c2ccc3nc(C)ccc3c2)cc2c(CC(CC)CCCC)cc(C)cc12. The third-order valence-corrected chi connectivity index (χ3v) is 8.65. The topological polar surface area (TPSA) is 12.9 Å². The molecule has 2 unspecified atom stereocenters. The largest absolute Gasteiger partial charge is 0.253 e. The lowest BCUT2D eigenvalue weighted by molar-refractivity contribution is 0.449. The van der Waals surface area contributed by atoms with Crippen LogP contribution in [0, 0.1) is 25.7 Å². The second kappa shape index (κ2) is 13.4. The minimum absolute atomic E-state index is 0.745. The summed E-state index contributed by atoms with van der Waals surface area (Å²) in [6, 6.07) is 21.1. The van der Waals surface area contributed by atoms with Gasteiger partial charge in [-0.1, -0.05) is 115 Å². The van der Waals surface area contributed by atoms with Crippen LogP contribution in [0.25, 0.3) is 32.8 Å². The van der Waals surface area contributed by atoms with E-state index in [0.29, 0.717) is 0 Å². The second-order valence-electron chi connectivity index (χ2n) is 11.8. The molecule has 1 aromatic heterocycles. The van der Waals surface area contributed by atoms with Gasteiger partial charge in [0, 0.05) is 11.1 Å². The highest BCUT2D eigenvalue weighted by Gasteiger charge is 2.17. The highest BCUT2D eigenvalue weighted by atomic mass is 14.7. The zero-order valence-corrected chi connectivity index (χ0v) is 24.9. The molecule has 0 fully saturated rings. The third-order valence-electron chi connectivity index (χ3n) is 8.65. The lowest BCUT2D eigenvalue weighted by Gasteiger charge is -2.21. The zero-order chi connectivity index (χ0) is 27.1. The maximum atomic E-state index is 4.75. The summed E-state index contributed by atoms with van der Waals surface area (Å²) in [7, 11) is 0. The van der Waals surface area contributed by atoms with E-state index in [-0.39, 0.29) is 0 Å². The number of nitrogens with zero attached hydrogens (tertiary/aromatic N) is 1. The molecule has 0 spiro atoms. The normalized spacial score (nSPS) is 13.3. The van der Waals surface area contributed by atoms with E-state index < -0.39 is 0 Å². The Bertz CT molecular complexity index is 1350. The molecule has 202 valence electrons. The molecule has 0 N–H and O–H groups in total. The fourth-order valence-corrected chi connectivity index (χ4v) is 6.19. The van der Waals surface area contributed by atoms with Gasteiger partial charge < -0.3 is 0 Å². The van der Waals surface area contributed by atoms with Crippen LogP contribution < -0.4 is 0 Å². The van der Waals surface area contributed by atoms with Gasteiger partial charge in [-0.25, -0.2) is 0 Å². The second-order valence-corrected chi connectivity index (χ2v) is 11.8. The minimum Gasteiger partial charge on any atom is -0.253 e. The molecule has 0 aliphatic carbocycles. The highest BCUT2D eigenvalue weighted by molar-refractivity contribution is 5.94. The van der Waals surface area contributed by atoms with Gasteiger partial charge in [0.05, 0.1) is 5.52 Å². The molecule has 0 aliphatic rings. The highest BCUT2D eigenvalue weighted by Crippen LogP contribution is 2.36. The van der Waals surface area contributed by atoms with Gasteiger partial charge in [0.1, 0.15) is 0 Å². The van der Waals surface area contributed by atoms with E-state index in [1.54, 1.807) is 5.56 Å². The van der Waals surface area contributed by atoms with Crippen molar-refractivity contribution in [2.75, 3.05) is 0 Å². The number of aryl methyl sites for hydroxylation is 2. The van der Waals surface area contributed by atoms with Crippen molar-refractivity contribution in [2.24, 2.45) is 11.8 Å². The average molecular weight is 508 g/mol. The van der Waals surface area contributed by atoms with Crippen molar-refractivity contribution in [2.45, 2.75) is 106 Å². The van der Waals surface area contributed by atoms with Crippen molar-refractivity contribution < 1.29 is 0 Å². The molecule has 1 nitrogen and oxygen atoms in total. The smallest absolute Gasteiger partial charge is 0.0705 e. The maximum Gasteiger partial charge on any atom is 0.0705 e. The van der Waals surface area contributed by atoms with E-state index in [1.165, 1.54) is 103 Å². The molecule has 0 bridgehead atoms. The lowest BCUT2D eigenvalue weighted by Crippen LogP contribution is -2.07. The van der Waals surface area contributed by atoms with Crippen LogP contribution in [0.15, 0.2) is 54.6 Å². The Balaban J connectivity index is 1.86. The molecule has 0 aliphatic heterocycles. The molecule has 38 heavy (non-hydrogen) atoms. The van der Waals surface area contributed by atoms with Gasteiger partial charge in [-0.2, -0.15) is 0 Å². The van der Waals surface area contributed by atoms with Crippen molar-refractivity contribution in [1.82, 2.24) is 4.98 Å². The molecular weight excluding hydrogens is 458 g/mol. The van der Waals surface area contributed by atoms with Gasteiger partial charge >= 0.3 is 0 Å². The van der Waals surface area contributed by atoms with Gasteiger partial charge in [-0.05, 0) is 95.8 Å². The van der Waals surface area contributed by atoms with Crippen LogP contribution in [-0.2, 0) is 12.8 Å². The Morgan fingerprint density at radius 3 is 1.89 bits per heavy atom. The van der Waals surface area contributed by atoms with E-state index in [0.717, 1.165) is 23.0 Å². The van der Waals surface area contributed by atoms with Gasteiger partial charge in [0.25, 0.3) is 0 Å². The predicted molar refractivity (Wildman–Crippen MR) is 168 cm³/mol. The molecule has 0 amide bonds. The molecule has 3 aromatic carbocycles. The number of fused-ring (bicyclic) bond motifs is 2. The summed E-state index contributed by atoms with van der Waals surface area (Å²) in [4.78, 5) is 4.75. The van der Waals surface area contributed by atoms with Crippen LogP contribution in [0.4, 0.5) is 0 Å². The van der Waals surface area contributed by atoms with Crippen molar-refractivity contribution >= 4 is 21.7 Å². The number of benzene rings is 3. The van der Waals surface area contributed by atoms with Crippen LogP contribution in [0.1, 0.15) is 101 Å². The maximum absolute atomic E-state index is 4.75. The first-order valence-electron chi connectivity index (χ1n) is 15.4. The third kappa shape index (κ3) is 6.85. The number of hydrogen-bond acceptors (Lipinski definition) is 1. The van der Waals surface area contributed by atoms with Crippen LogP contribution >= 0.6 is 0 Å². The number of aromatic nitrogens is 1. The fourth-order valence-electron chi connectivity index (χ4n) is 6.19. The first-order chi connectivity index (χ1) is 18.4. The molecule has 1 heterocycles. The van der Waals surface area contributed by atoms with Gasteiger partial charge in [0.15, 0.2) is 0 Å². The van der Waals surface area contributed by atoms with Crippen LogP contribution in [-0.4, -0.2) is 4.98 Å². The van der Waals surface area contributed by atoms with E-state index >= 15 is 0 Å². The van der Waals surface area contributed by atoms with Crippen LogP contribution in [0.3, 0.4) is 0 Å². The monoisotopic (exact) mass is 507 g/mol. The Kier molecular flexibility index (Phi) is 10.0. The predicted octanol–water partition coefficient (Wildman–Crippen LogP) is 11.2. The Morgan fingerprint density at radius 2 is 1.26 bits per heavy atom. The Morgan fingerprint density at radius 1 is 0.632 bits per heavy atom. The summed E-state index contributed by atoms with van der Waals surface area (Å²) in [6.07, 6.45) is 12.7. The van der Waals surface area contributed by atoms with Crippen molar-refractivity contribution in [3.05, 3.63) is 77.0 Å². The first-order valence-corrected chi connectivity index (χ1v) is 15.4. The van der Waals surface area contributed by atoms with Gasteiger partial charge in [-0.3, -0.25) is 4.98 Å². The first kappa shape index (κ1) is 28.3. The van der Waals surface area contributed by atoms with E-state index in [2.05, 4.69) is 96.1 Å². The molecule has 0 radical (unpaired) electrons. The molecule has 0 saturated carbocycles. The summed E-state index contributed by atoms with van der Waals surface area (Å²) < 4.78 is 0. The summed E-state index contributed by atoms with van der Waals surface area (Å²) >= 11 is 0. The van der Waals surface area contributed by atoms with E-state index in [1.807, 2.05) is 0 Å². The molecule has 1 heteroatoms. The summed E-state index contributed by atoms with van der Waals surface area (Å²) in [5.74, 6) is 1.50. The summed E-state index contributed by atoms with van der Waals surface area (Å²) in [5, 5.41) is 4.19. The standard InChI is InChI=1S/C37H49N/c1-7-11-13-28(9-3)21-33-19-26(5)20-35-34(22-29(10-4)14-12-8-2)24-32(25-36(33)35)30-17-18-37-31(23-30)16-15-27(6)38-37/h15-20,23-25,28-29H,7-14,21-22H2,1-6H3. The van der Waals surface area contributed by atoms with Crippen molar-refractivity contribution in [1.29, 1.82) is 0 Å². The number of hydrogen-bond donors (Lipinski definition) is 0. The Labute approximate surface area is 232 Å². The van der Waals surface area contributed by atoms with Crippen LogP contribution in [0.5, 0.6) is 0 Å². The van der Waals surface area contributed by atoms with Crippen LogP contribution in [0.2, 0.25) is 0 Å². The summed E-state index contributed by atoms with van der Waals surface area (Å²) in [5.41, 5.74) is 9.30. The van der Waals surface area contributed by atoms with Gasteiger partial charge in [0.2, 0.25) is 0 Å². The van der Waals surface area contributed by atoms with Crippen molar-refractivity contribution in [3.63, 3.8) is 0 Å². The number of unbranched alkanes of at least 4 members (excludes halogenated alkanes) is 2. The molecule has 0 saturated heterocycles. The van der Waals surface area contributed by atoms with Crippen molar-refractivity contribution in [3.8, 4) is 11.1 Å². The van der Waals surface area contributed by atoms with E-state index in [4.69, 9.17) is 4.98 Å². The van der Waals surface area contributed by atoms with Gasteiger partial charge in [-0.15, -0.1) is 0 Å². The quantitative estimate of drug-likeness (QED) is 0.175. The minimum atomic E-state index is 0.745.